The van der Waals surface area contributed by atoms with Crippen LogP contribution in [-0.2, 0) is 10.0 Å². The summed E-state index contributed by atoms with van der Waals surface area (Å²) in [7, 11) is -2.22. The lowest BCUT2D eigenvalue weighted by atomic mass is 10.1. The van der Waals surface area contributed by atoms with Crippen molar-refractivity contribution in [3.8, 4) is 11.3 Å². The number of imidazole rings is 1. The fraction of sp³-hybridized carbons (Fsp3) is 0.0952. The van der Waals surface area contributed by atoms with Crippen LogP contribution in [0.5, 0.6) is 0 Å². The van der Waals surface area contributed by atoms with Crippen LogP contribution in [-0.4, -0.2) is 24.9 Å². The minimum absolute atomic E-state index is 0.230. The van der Waals surface area contributed by atoms with Crippen LogP contribution in [0.2, 0.25) is 5.02 Å². The molecule has 0 unspecified atom stereocenters. The van der Waals surface area contributed by atoms with Gasteiger partial charge in [0.1, 0.15) is 11.3 Å². The first-order chi connectivity index (χ1) is 13.4. The average Bonchev–Trinajstić information content (AvgIpc) is 3.07. The van der Waals surface area contributed by atoms with Crippen LogP contribution in [0, 0.1) is 6.92 Å². The Morgan fingerprint density at radius 1 is 0.964 bits per heavy atom. The molecule has 0 spiro atoms. The standard InChI is InChI=1S/C21H18ClN3O2S/c1-15-6-12-18(13-7-15)28(26,27)24(2)21-20(16-8-10-17(22)11-9-16)23-19-5-3-4-14-25(19)21/h3-14H,1-2H3. The summed E-state index contributed by atoms with van der Waals surface area (Å²) in [5.41, 5.74) is 3.02. The Kier molecular flexibility index (Phi) is 4.61. The number of aromatic nitrogens is 2. The van der Waals surface area contributed by atoms with Gasteiger partial charge in [-0.1, -0.05) is 47.5 Å². The summed E-state index contributed by atoms with van der Waals surface area (Å²) in [5, 5.41) is 0.606. The quantitative estimate of drug-likeness (QED) is 0.485. The summed E-state index contributed by atoms with van der Waals surface area (Å²) < 4.78 is 29.6. The molecule has 2 heterocycles. The monoisotopic (exact) mass is 411 g/mol. The molecule has 0 saturated heterocycles. The summed E-state index contributed by atoms with van der Waals surface area (Å²) in [6, 6.07) is 19.6. The maximum absolute atomic E-state index is 13.3. The van der Waals surface area contributed by atoms with Crippen molar-refractivity contribution in [1.29, 1.82) is 0 Å². The topological polar surface area (TPSA) is 54.7 Å². The molecule has 2 aromatic heterocycles. The van der Waals surface area contributed by atoms with Crippen molar-refractivity contribution < 1.29 is 8.42 Å². The molecule has 4 aromatic rings. The molecule has 4 rings (SSSR count). The number of aryl methyl sites for hydroxylation is 1. The first-order valence-corrected chi connectivity index (χ1v) is 10.5. The van der Waals surface area contributed by atoms with E-state index in [-0.39, 0.29) is 4.90 Å². The highest BCUT2D eigenvalue weighted by Crippen LogP contribution is 2.34. The Labute approximate surface area is 168 Å². The lowest BCUT2D eigenvalue weighted by molar-refractivity contribution is 0.594. The molecule has 28 heavy (non-hydrogen) atoms. The van der Waals surface area contributed by atoms with Gasteiger partial charge in [-0.15, -0.1) is 0 Å². The SMILES string of the molecule is Cc1ccc(S(=O)(=O)N(C)c2c(-c3ccc(Cl)cc3)nc3ccccn23)cc1. The summed E-state index contributed by atoms with van der Waals surface area (Å²) in [6.07, 6.45) is 1.80. The summed E-state index contributed by atoms with van der Waals surface area (Å²) in [5.74, 6) is 0.471. The van der Waals surface area contributed by atoms with Crippen molar-refractivity contribution in [2.45, 2.75) is 11.8 Å². The highest BCUT2D eigenvalue weighted by molar-refractivity contribution is 7.92. The van der Waals surface area contributed by atoms with Gasteiger partial charge in [-0.3, -0.25) is 8.71 Å². The molecule has 5 nitrogen and oxygen atoms in total. The Balaban J connectivity index is 1.93. The van der Waals surface area contributed by atoms with Gasteiger partial charge in [-0.05, 0) is 43.3 Å². The second kappa shape index (κ2) is 6.96. The van der Waals surface area contributed by atoms with E-state index in [9.17, 15) is 8.42 Å². The van der Waals surface area contributed by atoms with Crippen LogP contribution in [0.3, 0.4) is 0 Å². The van der Waals surface area contributed by atoms with Crippen molar-refractivity contribution in [2.24, 2.45) is 0 Å². The molecule has 0 saturated carbocycles. The van der Waals surface area contributed by atoms with Crippen molar-refractivity contribution in [1.82, 2.24) is 9.38 Å². The Morgan fingerprint density at radius 3 is 2.32 bits per heavy atom. The lowest BCUT2D eigenvalue weighted by Gasteiger charge is -2.20. The first kappa shape index (κ1) is 18.5. The molecule has 142 valence electrons. The van der Waals surface area contributed by atoms with Crippen molar-refractivity contribution in [3.63, 3.8) is 0 Å². The molecule has 0 N–H and O–H groups in total. The van der Waals surface area contributed by atoms with Gasteiger partial charge < -0.3 is 0 Å². The molecule has 0 radical (unpaired) electrons. The molecule has 0 aliphatic rings. The number of benzene rings is 2. The van der Waals surface area contributed by atoms with Gasteiger partial charge in [0.25, 0.3) is 10.0 Å². The van der Waals surface area contributed by atoms with Gasteiger partial charge >= 0.3 is 0 Å². The maximum atomic E-state index is 13.3. The number of hydrogen-bond donors (Lipinski definition) is 0. The molecule has 7 heteroatoms. The minimum Gasteiger partial charge on any atom is -0.285 e. The fourth-order valence-corrected chi connectivity index (χ4v) is 4.39. The van der Waals surface area contributed by atoms with E-state index in [1.807, 2.05) is 37.3 Å². The number of fused-ring (bicyclic) bond motifs is 1. The second-order valence-corrected chi connectivity index (χ2v) is 8.91. The number of sulfonamides is 1. The molecule has 0 aliphatic heterocycles. The van der Waals surface area contributed by atoms with E-state index in [2.05, 4.69) is 4.98 Å². The van der Waals surface area contributed by atoms with Crippen molar-refractivity contribution >= 4 is 33.1 Å². The zero-order valence-electron chi connectivity index (χ0n) is 15.4. The summed E-state index contributed by atoms with van der Waals surface area (Å²) in [6.45, 7) is 1.92. The zero-order valence-corrected chi connectivity index (χ0v) is 16.9. The normalized spacial score (nSPS) is 11.7. The Bertz CT molecular complexity index is 1250. The third kappa shape index (κ3) is 3.15. The molecular weight excluding hydrogens is 394 g/mol. The van der Waals surface area contributed by atoms with Crippen molar-refractivity contribution in [3.05, 3.63) is 83.5 Å². The molecule has 0 bridgehead atoms. The van der Waals surface area contributed by atoms with E-state index in [4.69, 9.17) is 11.6 Å². The van der Waals surface area contributed by atoms with Gasteiger partial charge in [0.2, 0.25) is 0 Å². The molecule has 0 fully saturated rings. The van der Waals surface area contributed by atoms with Crippen LogP contribution < -0.4 is 4.31 Å². The van der Waals surface area contributed by atoms with Crippen LogP contribution >= 0.6 is 11.6 Å². The Hall–Kier alpha value is -2.83. The van der Waals surface area contributed by atoms with Gasteiger partial charge in [-0.2, -0.15) is 0 Å². The number of rotatable bonds is 4. The van der Waals surface area contributed by atoms with Gasteiger partial charge in [0, 0.05) is 23.8 Å². The highest BCUT2D eigenvalue weighted by atomic mass is 35.5. The van der Waals surface area contributed by atoms with Crippen molar-refractivity contribution in [2.75, 3.05) is 11.4 Å². The van der Waals surface area contributed by atoms with Crippen LogP contribution in [0.15, 0.2) is 77.8 Å². The second-order valence-electron chi connectivity index (χ2n) is 6.51. The smallest absolute Gasteiger partial charge is 0.265 e. The number of hydrogen-bond acceptors (Lipinski definition) is 3. The number of anilines is 1. The van der Waals surface area contributed by atoms with E-state index >= 15 is 0 Å². The summed E-state index contributed by atoms with van der Waals surface area (Å²) in [4.78, 5) is 4.90. The van der Waals surface area contributed by atoms with E-state index in [0.717, 1.165) is 11.1 Å². The van der Waals surface area contributed by atoms with Crippen LogP contribution in [0.4, 0.5) is 5.82 Å². The first-order valence-electron chi connectivity index (χ1n) is 8.66. The predicted octanol–water partition coefficient (Wildman–Crippen LogP) is 4.79. The highest BCUT2D eigenvalue weighted by Gasteiger charge is 2.27. The van der Waals surface area contributed by atoms with Gasteiger partial charge in [0.15, 0.2) is 5.82 Å². The van der Waals surface area contributed by atoms with E-state index in [0.29, 0.717) is 22.2 Å². The average molecular weight is 412 g/mol. The zero-order chi connectivity index (χ0) is 19.9. The molecule has 0 amide bonds. The minimum atomic E-state index is -3.76. The van der Waals surface area contributed by atoms with Crippen LogP contribution in [0.1, 0.15) is 5.56 Å². The summed E-state index contributed by atoms with van der Waals surface area (Å²) >= 11 is 6.01. The lowest BCUT2D eigenvalue weighted by Crippen LogP contribution is -2.28. The van der Waals surface area contributed by atoms with E-state index in [1.165, 1.54) is 4.31 Å². The van der Waals surface area contributed by atoms with Crippen LogP contribution in [0.25, 0.3) is 16.9 Å². The number of nitrogens with zero attached hydrogens (tertiary/aromatic N) is 3. The molecule has 0 atom stereocenters. The molecule has 0 aliphatic carbocycles. The Morgan fingerprint density at radius 2 is 1.64 bits per heavy atom. The molecule has 2 aromatic carbocycles. The van der Waals surface area contributed by atoms with E-state index in [1.54, 1.807) is 54.0 Å². The molecular formula is C21H18ClN3O2S. The third-order valence-corrected chi connectivity index (χ3v) is 6.61. The van der Waals surface area contributed by atoms with E-state index < -0.39 is 10.0 Å². The number of halogens is 1. The predicted molar refractivity (Wildman–Crippen MR) is 112 cm³/mol. The maximum Gasteiger partial charge on any atom is 0.265 e. The van der Waals surface area contributed by atoms with Gasteiger partial charge in [-0.25, -0.2) is 13.4 Å². The fourth-order valence-electron chi connectivity index (χ4n) is 3.07. The number of pyridine rings is 1. The largest absolute Gasteiger partial charge is 0.285 e. The third-order valence-electron chi connectivity index (χ3n) is 4.60. The van der Waals surface area contributed by atoms with Gasteiger partial charge in [0.05, 0.1) is 4.90 Å².